The molecule has 3 heterocycles. The maximum absolute atomic E-state index is 12.6. The van der Waals surface area contributed by atoms with Gasteiger partial charge in [0.1, 0.15) is 26.6 Å². The number of fused-ring (bicyclic) bond motifs is 4. The third kappa shape index (κ3) is 3.78. The van der Waals surface area contributed by atoms with Crippen LogP contribution in [0.1, 0.15) is 15.2 Å². The van der Waals surface area contributed by atoms with Crippen LogP contribution < -0.4 is 15.6 Å². The molecule has 0 saturated heterocycles. The van der Waals surface area contributed by atoms with Gasteiger partial charge in [-0.25, -0.2) is 9.78 Å². The monoisotopic (exact) mass is 495 g/mol. The molecule has 0 aliphatic rings. The molecule has 5 rings (SSSR count). The van der Waals surface area contributed by atoms with Crippen molar-refractivity contribution in [1.82, 2.24) is 9.97 Å². The van der Waals surface area contributed by atoms with E-state index in [1.807, 2.05) is 30.3 Å². The molecule has 3 N–H and O–H groups in total. The van der Waals surface area contributed by atoms with Gasteiger partial charge in [0.05, 0.1) is 23.9 Å². The number of aryl methyl sites for hydroxylation is 1. The van der Waals surface area contributed by atoms with Gasteiger partial charge in [-0.3, -0.25) is 9.59 Å². The van der Waals surface area contributed by atoms with E-state index < -0.39 is 11.5 Å². The molecule has 9 nitrogen and oxygen atoms in total. The van der Waals surface area contributed by atoms with Crippen molar-refractivity contribution >= 4 is 72.8 Å². The molecule has 0 aliphatic carbocycles. The molecule has 1 amide bonds. The highest BCUT2D eigenvalue weighted by molar-refractivity contribution is 7.99. The number of anilines is 1. The van der Waals surface area contributed by atoms with Gasteiger partial charge < -0.3 is 24.6 Å². The lowest BCUT2D eigenvalue weighted by Gasteiger charge is -2.10. The van der Waals surface area contributed by atoms with E-state index in [0.29, 0.717) is 27.4 Å². The number of hydrogen-bond acceptors (Lipinski definition) is 8. The number of aromatic amines is 1. The fourth-order valence-electron chi connectivity index (χ4n) is 3.73. The Labute approximate surface area is 199 Å². The minimum Gasteiger partial charge on any atom is -0.495 e. The average molecular weight is 496 g/mol. The number of thiophene rings is 1. The van der Waals surface area contributed by atoms with Crippen LogP contribution in [0.2, 0.25) is 0 Å². The van der Waals surface area contributed by atoms with Crippen molar-refractivity contribution in [2.45, 2.75) is 12.1 Å². The van der Waals surface area contributed by atoms with E-state index in [1.54, 1.807) is 13.0 Å². The van der Waals surface area contributed by atoms with Gasteiger partial charge in [-0.1, -0.05) is 30.0 Å². The molecule has 0 fully saturated rings. The number of methoxy groups -OCH3 is 1. The van der Waals surface area contributed by atoms with Crippen LogP contribution in [0, 0.1) is 6.92 Å². The summed E-state index contributed by atoms with van der Waals surface area (Å²) in [6, 6.07) is 11.2. The first-order chi connectivity index (χ1) is 16.4. The third-order valence-corrected chi connectivity index (χ3v) is 7.33. The molecule has 0 unspecified atom stereocenters. The lowest BCUT2D eigenvalue weighted by atomic mass is 10.1. The molecule has 0 atom stereocenters. The summed E-state index contributed by atoms with van der Waals surface area (Å²) >= 11 is 1.97. The SMILES string of the molecule is COc1cc2c(cc1NC(=O)CSc1nc3sc(C(=O)O)c(C)c3c(=O)[nH]1)oc1ccccc12. The Kier molecular flexibility index (Phi) is 5.50. The van der Waals surface area contributed by atoms with Gasteiger partial charge in [0, 0.05) is 16.8 Å². The summed E-state index contributed by atoms with van der Waals surface area (Å²) in [4.78, 5) is 43.8. The van der Waals surface area contributed by atoms with Crippen LogP contribution in [0.3, 0.4) is 0 Å². The number of aromatic carboxylic acids is 1. The number of ether oxygens (including phenoxy) is 1. The summed E-state index contributed by atoms with van der Waals surface area (Å²) in [6.45, 7) is 1.58. The highest BCUT2D eigenvalue weighted by Crippen LogP contribution is 2.36. The molecular formula is C23H17N3O6S2. The average Bonchev–Trinajstić information content (AvgIpc) is 3.34. The smallest absolute Gasteiger partial charge is 0.346 e. The van der Waals surface area contributed by atoms with Crippen molar-refractivity contribution in [3.63, 3.8) is 0 Å². The molecule has 172 valence electrons. The molecule has 34 heavy (non-hydrogen) atoms. The number of carboxylic acids is 1. The number of H-pyrrole nitrogens is 1. The van der Waals surface area contributed by atoms with Gasteiger partial charge in [0.15, 0.2) is 5.16 Å². The number of hydrogen-bond donors (Lipinski definition) is 3. The molecule has 2 aromatic carbocycles. The van der Waals surface area contributed by atoms with E-state index in [9.17, 15) is 19.5 Å². The number of benzene rings is 2. The largest absolute Gasteiger partial charge is 0.495 e. The first-order valence-electron chi connectivity index (χ1n) is 10.0. The lowest BCUT2D eigenvalue weighted by Crippen LogP contribution is -2.16. The van der Waals surface area contributed by atoms with Crippen molar-refractivity contribution in [3.8, 4) is 5.75 Å². The fraction of sp³-hybridized carbons (Fsp3) is 0.130. The number of carbonyl (C=O) groups excluding carboxylic acids is 1. The summed E-state index contributed by atoms with van der Waals surface area (Å²) < 4.78 is 11.3. The highest BCUT2D eigenvalue weighted by atomic mass is 32.2. The zero-order valence-corrected chi connectivity index (χ0v) is 19.6. The van der Waals surface area contributed by atoms with E-state index in [4.69, 9.17) is 9.15 Å². The third-order valence-electron chi connectivity index (χ3n) is 5.29. The number of rotatable bonds is 6. The second kappa shape index (κ2) is 8.50. The van der Waals surface area contributed by atoms with E-state index in [2.05, 4.69) is 15.3 Å². The highest BCUT2D eigenvalue weighted by Gasteiger charge is 2.19. The maximum Gasteiger partial charge on any atom is 0.346 e. The lowest BCUT2D eigenvalue weighted by molar-refractivity contribution is -0.113. The number of furan rings is 1. The minimum absolute atomic E-state index is 0.0358. The Morgan fingerprint density at radius 1 is 1.24 bits per heavy atom. The van der Waals surface area contributed by atoms with Crippen LogP contribution >= 0.6 is 23.1 Å². The number of nitrogens with zero attached hydrogens (tertiary/aromatic N) is 1. The van der Waals surface area contributed by atoms with Crippen LogP contribution in [0.4, 0.5) is 5.69 Å². The zero-order valence-electron chi connectivity index (χ0n) is 17.9. The second-order valence-electron chi connectivity index (χ2n) is 7.40. The molecule has 5 aromatic rings. The van der Waals surface area contributed by atoms with Gasteiger partial charge in [-0.15, -0.1) is 11.3 Å². The molecule has 0 radical (unpaired) electrons. The minimum atomic E-state index is -1.11. The zero-order chi connectivity index (χ0) is 24.0. The standard InChI is InChI=1S/C23H17N3O6S2/c1-10-18-20(28)25-23(26-21(18)34-19(10)22(29)30)33-9-17(27)24-13-8-15-12(7-16(13)31-2)11-5-3-4-6-14(11)32-15/h3-8H,9H2,1-2H3,(H,24,27)(H,29,30)(H,25,26,28). The van der Waals surface area contributed by atoms with Gasteiger partial charge in [-0.05, 0) is 24.6 Å². The van der Waals surface area contributed by atoms with Gasteiger partial charge in [-0.2, -0.15) is 0 Å². The molecular weight excluding hydrogens is 478 g/mol. The predicted octanol–water partition coefficient (Wildman–Crippen LogP) is 4.63. The Morgan fingerprint density at radius 2 is 2.03 bits per heavy atom. The molecule has 0 saturated carbocycles. The molecule has 11 heteroatoms. The number of carbonyl (C=O) groups is 2. The quantitative estimate of drug-likeness (QED) is 0.229. The normalized spacial score (nSPS) is 11.4. The van der Waals surface area contributed by atoms with Crippen LogP contribution in [-0.2, 0) is 4.79 Å². The number of carboxylic acid groups (broad SMARTS) is 1. The summed E-state index contributed by atoms with van der Waals surface area (Å²) in [6.07, 6.45) is 0. The van der Waals surface area contributed by atoms with Crippen molar-refractivity contribution < 1.29 is 23.8 Å². The molecule has 0 bridgehead atoms. The Hall–Kier alpha value is -3.83. The maximum atomic E-state index is 12.6. The first kappa shape index (κ1) is 22.0. The summed E-state index contributed by atoms with van der Waals surface area (Å²) in [5.74, 6) is -0.995. The van der Waals surface area contributed by atoms with Crippen molar-refractivity contribution in [3.05, 3.63) is 57.2 Å². The predicted molar refractivity (Wildman–Crippen MR) is 132 cm³/mol. The Bertz CT molecular complexity index is 1670. The summed E-state index contributed by atoms with van der Waals surface area (Å²) in [5, 5.41) is 14.4. The van der Waals surface area contributed by atoms with Crippen LogP contribution in [0.5, 0.6) is 5.75 Å². The Morgan fingerprint density at radius 3 is 2.79 bits per heavy atom. The number of aromatic nitrogens is 2. The number of thioether (sulfide) groups is 1. The van der Waals surface area contributed by atoms with E-state index in [1.165, 1.54) is 7.11 Å². The topological polar surface area (TPSA) is 135 Å². The van der Waals surface area contributed by atoms with Crippen molar-refractivity contribution in [2.24, 2.45) is 0 Å². The molecule has 0 spiro atoms. The van der Waals surface area contributed by atoms with Crippen LogP contribution in [0.25, 0.3) is 32.2 Å². The number of para-hydroxylation sites is 1. The Balaban J connectivity index is 1.37. The van der Waals surface area contributed by atoms with Crippen molar-refractivity contribution in [1.29, 1.82) is 0 Å². The van der Waals surface area contributed by atoms with Crippen LogP contribution in [-0.4, -0.2) is 39.8 Å². The van der Waals surface area contributed by atoms with Gasteiger partial charge >= 0.3 is 5.97 Å². The second-order valence-corrected chi connectivity index (χ2v) is 9.36. The summed E-state index contributed by atoms with van der Waals surface area (Å²) in [7, 11) is 1.52. The van der Waals surface area contributed by atoms with Gasteiger partial charge in [0.25, 0.3) is 5.56 Å². The molecule has 3 aromatic heterocycles. The summed E-state index contributed by atoms with van der Waals surface area (Å²) in [5.41, 5.74) is 1.74. The van der Waals surface area contributed by atoms with E-state index >= 15 is 0 Å². The van der Waals surface area contributed by atoms with Crippen molar-refractivity contribution in [2.75, 3.05) is 18.2 Å². The first-order valence-corrected chi connectivity index (χ1v) is 11.8. The van der Waals surface area contributed by atoms with E-state index in [-0.39, 0.29) is 27.1 Å². The fourth-order valence-corrected chi connectivity index (χ4v) is 5.47. The molecule has 0 aliphatic heterocycles. The van der Waals surface area contributed by atoms with E-state index in [0.717, 1.165) is 39.5 Å². The van der Waals surface area contributed by atoms with Gasteiger partial charge in [0.2, 0.25) is 5.91 Å². The number of amides is 1. The van der Waals surface area contributed by atoms with Crippen LogP contribution in [0.15, 0.2) is 50.8 Å². The number of nitrogens with one attached hydrogen (secondary N) is 2.